The molecule has 1 atom stereocenters. The molecular weight excluding hydrogens is 105 g/mol. The number of halogens is 3. The van der Waals surface area contributed by atoms with Gasteiger partial charge in [0.05, 0.1) is 0 Å². The first-order valence-corrected chi connectivity index (χ1v) is 1.88. The third-order valence-electron chi connectivity index (χ3n) is 0.434. The summed E-state index contributed by atoms with van der Waals surface area (Å²) in [5.74, 6) is 0. The van der Waals surface area contributed by atoms with Gasteiger partial charge in [-0.25, -0.2) is 13.2 Å². The maximum atomic E-state index is 11.4. The van der Waals surface area contributed by atoms with Crippen LogP contribution >= 0.6 is 0 Å². The van der Waals surface area contributed by atoms with Crippen molar-refractivity contribution in [3.8, 4) is 0 Å². The van der Waals surface area contributed by atoms with Gasteiger partial charge in [-0.2, -0.15) is 0 Å². The van der Waals surface area contributed by atoms with Gasteiger partial charge in [0.1, 0.15) is 6.17 Å². The maximum Gasteiger partial charge on any atom is 0.241 e. The highest BCUT2D eigenvalue weighted by atomic mass is 19.3. The zero-order chi connectivity index (χ0) is 5.86. The van der Waals surface area contributed by atoms with E-state index in [-0.39, 0.29) is 0 Å². The zero-order valence-electron chi connectivity index (χ0n) is 3.70. The Morgan fingerprint density at radius 2 is 1.71 bits per heavy atom. The molecule has 0 aromatic heterocycles. The summed E-state index contributed by atoms with van der Waals surface area (Å²) in [7, 11) is 0. The van der Waals surface area contributed by atoms with Gasteiger partial charge in [0.2, 0.25) is 6.43 Å². The second-order valence-corrected chi connectivity index (χ2v) is 1.22. The Labute approximate surface area is 40.3 Å². The number of hydrogen-bond donors (Lipinski definition) is 0. The molecule has 0 bridgehead atoms. The molecular formula is C4H6F3. The van der Waals surface area contributed by atoms with Crippen LogP contribution in [0.15, 0.2) is 0 Å². The smallest absolute Gasteiger partial charge is 0.241 e. The predicted molar refractivity (Wildman–Crippen MR) is 20.9 cm³/mol. The normalized spacial score (nSPS) is 15.0. The third kappa shape index (κ3) is 5.79. The molecule has 0 aromatic rings. The molecule has 7 heavy (non-hydrogen) atoms. The van der Waals surface area contributed by atoms with E-state index in [2.05, 4.69) is 6.92 Å². The van der Waals surface area contributed by atoms with Crippen LogP contribution < -0.4 is 0 Å². The van der Waals surface area contributed by atoms with Gasteiger partial charge in [-0.05, 0) is 6.92 Å². The van der Waals surface area contributed by atoms with Crippen molar-refractivity contribution < 1.29 is 13.2 Å². The van der Waals surface area contributed by atoms with Gasteiger partial charge in [0, 0.05) is 6.42 Å². The van der Waals surface area contributed by atoms with E-state index >= 15 is 0 Å². The summed E-state index contributed by atoms with van der Waals surface area (Å²) in [6, 6.07) is 0. The quantitative estimate of drug-likeness (QED) is 0.509. The fourth-order valence-corrected chi connectivity index (χ4v) is 0.193. The van der Waals surface area contributed by atoms with Gasteiger partial charge in [-0.1, -0.05) is 0 Å². The molecule has 0 amide bonds. The monoisotopic (exact) mass is 111 g/mol. The van der Waals surface area contributed by atoms with E-state index in [1.165, 1.54) is 0 Å². The Morgan fingerprint density at radius 1 is 1.29 bits per heavy atom. The summed E-state index contributed by atoms with van der Waals surface area (Å²) in [5.41, 5.74) is 0. The van der Waals surface area contributed by atoms with E-state index < -0.39 is 19.0 Å². The predicted octanol–water partition coefficient (Wildman–Crippen LogP) is 1.81. The van der Waals surface area contributed by atoms with Crippen molar-refractivity contribution >= 4 is 0 Å². The van der Waals surface area contributed by atoms with Crippen molar-refractivity contribution in [1.29, 1.82) is 0 Å². The molecule has 0 saturated carbocycles. The maximum absolute atomic E-state index is 11.4. The van der Waals surface area contributed by atoms with Gasteiger partial charge >= 0.3 is 0 Å². The van der Waals surface area contributed by atoms with Crippen LogP contribution in [-0.2, 0) is 0 Å². The molecule has 0 aliphatic heterocycles. The number of rotatable bonds is 2. The first-order chi connectivity index (χ1) is 3.13. The van der Waals surface area contributed by atoms with E-state index in [1.807, 2.05) is 0 Å². The van der Waals surface area contributed by atoms with Crippen LogP contribution in [0.1, 0.15) is 6.42 Å². The molecule has 0 aliphatic rings. The van der Waals surface area contributed by atoms with Crippen molar-refractivity contribution in [3.63, 3.8) is 0 Å². The molecule has 0 aromatic carbocycles. The Hall–Kier alpha value is -0.210. The first kappa shape index (κ1) is 6.79. The lowest BCUT2D eigenvalue weighted by molar-refractivity contribution is 0.112. The SMILES string of the molecule is [CH2]C(F)CC(F)F. The molecule has 1 radical (unpaired) electrons. The summed E-state index contributed by atoms with van der Waals surface area (Å²) >= 11 is 0. The Kier molecular flexibility index (Phi) is 2.79. The van der Waals surface area contributed by atoms with Crippen molar-refractivity contribution in [3.05, 3.63) is 6.92 Å². The highest BCUT2D eigenvalue weighted by Crippen LogP contribution is 2.04. The van der Waals surface area contributed by atoms with Gasteiger partial charge in [0.25, 0.3) is 0 Å². The van der Waals surface area contributed by atoms with Crippen LogP contribution in [0.5, 0.6) is 0 Å². The molecule has 0 rings (SSSR count). The summed E-state index contributed by atoms with van der Waals surface area (Å²) < 4.78 is 33.4. The molecule has 0 fully saturated rings. The molecule has 43 valence electrons. The topological polar surface area (TPSA) is 0 Å². The molecule has 3 heteroatoms. The Morgan fingerprint density at radius 3 is 1.71 bits per heavy atom. The number of hydrogen-bond acceptors (Lipinski definition) is 0. The van der Waals surface area contributed by atoms with E-state index in [9.17, 15) is 13.2 Å². The van der Waals surface area contributed by atoms with Crippen LogP contribution in [0.4, 0.5) is 13.2 Å². The van der Waals surface area contributed by atoms with E-state index in [1.54, 1.807) is 0 Å². The minimum atomic E-state index is -2.56. The third-order valence-corrected chi connectivity index (χ3v) is 0.434. The Bertz CT molecular complexity index is 36.2. The standard InChI is InChI=1S/C4H6F3/c1-3(5)2-4(6)7/h3-4H,1-2H2. The lowest BCUT2D eigenvalue weighted by Gasteiger charge is -1.95. The molecule has 0 heterocycles. The number of alkyl halides is 3. The molecule has 0 nitrogen and oxygen atoms in total. The lowest BCUT2D eigenvalue weighted by Crippen LogP contribution is -2.00. The largest absolute Gasteiger partial charge is 0.247 e. The minimum absolute atomic E-state index is 0.750. The summed E-state index contributed by atoms with van der Waals surface area (Å²) in [6.07, 6.45) is -4.94. The fraction of sp³-hybridized carbons (Fsp3) is 0.750. The molecule has 0 spiro atoms. The van der Waals surface area contributed by atoms with E-state index in [0.717, 1.165) is 0 Å². The van der Waals surface area contributed by atoms with Crippen molar-refractivity contribution in [1.82, 2.24) is 0 Å². The summed E-state index contributed by atoms with van der Waals surface area (Å²) in [6.45, 7) is 2.73. The summed E-state index contributed by atoms with van der Waals surface area (Å²) in [4.78, 5) is 0. The van der Waals surface area contributed by atoms with E-state index in [4.69, 9.17) is 0 Å². The zero-order valence-corrected chi connectivity index (χ0v) is 3.70. The highest BCUT2D eigenvalue weighted by molar-refractivity contribution is 4.57. The van der Waals surface area contributed by atoms with Crippen LogP contribution in [0, 0.1) is 6.92 Å². The Balaban J connectivity index is 2.95. The van der Waals surface area contributed by atoms with E-state index in [0.29, 0.717) is 0 Å². The average molecular weight is 111 g/mol. The second-order valence-electron chi connectivity index (χ2n) is 1.22. The van der Waals surface area contributed by atoms with Crippen molar-refractivity contribution in [2.24, 2.45) is 0 Å². The van der Waals surface area contributed by atoms with Gasteiger partial charge in [-0.3, -0.25) is 0 Å². The van der Waals surface area contributed by atoms with Crippen LogP contribution in [0.3, 0.4) is 0 Å². The van der Waals surface area contributed by atoms with Crippen LogP contribution in [0.25, 0.3) is 0 Å². The van der Waals surface area contributed by atoms with Crippen molar-refractivity contribution in [2.45, 2.75) is 19.0 Å². The van der Waals surface area contributed by atoms with Gasteiger partial charge in [-0.15, -0.1) is 0 Å². The summed E-state index contributed by atoms with van der Waals surface area (Å²) in [5, 5.41) is 0. The molecule has 0 saturated heterocycles. The minimum Gasteiger partial charge on any atom is -0.247 e. The second kappa shape index (κ2) is 2.88. The van der Waals surface area contributed by atoms with Crippen LogP contribution in [0.2, 0.25) is 0 Å². The van der Waals surface area contributed by atoms with Crippen molar-refractivity contribution in [2.75, 3.05) is 0 Å². The average Bonchev–Trinajstić information content (AvgIpc) is 1.27. The first-order valence-electron chi connectivity index (χ1n) is 1.88. The highest BCUT2D eigenvalue weighted by Gasteiger charge is 2.06. The van der Waals surface area contributed by atoms with Crippen LogP contribution in [-0.4, -0.2) is 12.6 Å². The molecule has 1 unspecified atom stereocenters. The van der Waals surface area contributed by atoms with Gasteiger partial charge in [0.15, 0.2) is 0 Å². The van der Waals surface area contributed by atoms with Gasteiger partial charge < -0.3 is 0 Å². The fourth-order valence-electron chi connectivity index (χ4n) is 0.193. The molecule has 0 N–H and O–H groups in total. The lowest BCUT2D eigenvalue weighted by atomic mass is 10.3. The molecule has 0 aliphatic carbocycles.